The molecule has 0 saturated heterocycles. The number of ether oxygens (including phenoxy) is 2. The summed E-state index contributed by atoms with van der Waals surface area (Å²) in [6.45, 7) is 10.3. The summed E-state index contributed by atoms with van der Waals surface area (Å²) >= 11 is 0. The quantitative estimate of drug-likeness (QED) is 0.784. The number of nitrogens with one attached hydrogen (secondary N) is 1. The molecule has 0 bridgehead atoms. The molecule has 6 heteroatoms. The van der Waals surface area contributed by atoms with E-state index in [1.165, 1.54) is 0 Å². The molecule has 20 heavy (non-hydrogen) atoms. The van der Waals surface area contributed by atoms with E-state index in [9.17, 15) is 14.4 Å². The minimum absolute atomic E-state index is 0.0544. The van der Waals surface area contributed by atoms with Crippen LogP contribution in [0.3, 0.4) is 0 Å². The highest BCUT2D eigenvalue weighted by Crippen LogP contribution is 2.32. The zero-order valence-corrected chi connectivity index (χ0v) is 13.0. The Labute approximate surface area is 119 Å². The molecule has 6 nitrogen and oxygen atoms in total. The van der Waals surface area contributed by atoms with Crippen LogP contribution in [-0.2, 0) is 19.1 Å². The van der Waals surface area contributed by atoms with Crippen molar-refractivity contribution in [3.8, 4) is 0 Å². The zero-order chi connectivity index (χ0) is 15.8. The van der Waals surface area contributed by atoms with Gasteiger partial charge >= 0.3 is 12.1 Å². The predicted octanol–water partition coefficient (Wildman–Crippen LogP) is 1.95. The van der Waals surface area contributed by atoms with Crippen LogP contribution in [0.5, 0.6) is 0 Å². The van der Waals surface area contributed by atoms with Gasteiger partial charge in [0, 0.05) is 12.8 Å². The van der Waals surface area contributed by atoms with Gasteiger partial charge in [-0.15, -0.1) is 0 Å². The second-order valence-electron chi connectivity index (χ2n) is 7.10. The van der Waals surface area contributed by atoms with Gasteiger partial charge in [-0.05, 0) is 41.5 Å². The van der Waals surface area contributed by atoms with Crippen LogP contribution in [0.2, 0.25) is 0 Å². The maximum Gasteiger partial charge on any atom is 0.408 e. The van der Waals surface area contributed by atoms with E-state index in [0.29, 0.717) is 0 Å². The van der Waals surface area contributed by atoms with Crippen LogP contribution in [0.15, 0.2) is 0 Å². The summed E-state index contributed by atoms with van der Waals surface area (Å²) in [5.41, 5.74) is -2.64. The fourth-order valence-electron chi connectivity index (χ4n) is 1.78. The second-order valence-corrected chi connectivity index (χ2v) is 7.10. The van der Waals surface area contributed by atoms with Crippen molar-refractivity contribution in [1.82, 2.24) is 5.32 Å². The molecule has 1 amide bonds. The van der Waals surface area contributed by atoms with E-state index in [1.54, 1.807) is 41.5 Å². The summed E-state index contributed by atoms with van der Waals surface area (Å²) < 4.78 is 10.4. The first kappa shape index (κ1) is 16.5. The molecule has 1 fully saturated rings. The Morgan fingerprint density at radius 2 is 1.45 bits per heavy atom. The van der Waals surface area contributed by atoms with E-state index < -0.39 is 28.8 Å². The molecule has 1 aliphatic rings. The number of amides is 1. The third-order valence-corrected chi connectivity index (χ3v) is 2.53. The molecule has 1 saturated carbocycles. The van der Waals surface area contributed by atoms with Crippen molar-refractivity contribution in [2.24, 2.45) is 0 Å². The highest BCUT2D eigenvalue weighted by molar-refractivity contribution is 6.02. The third kappa shape index (κ3) is 4.51. The number of alkyl carbamates (subject to hydrolysis) is 1. The minimum atomic E-state index is -1.29. The Bertz CT molecular complexity index is 420. The van der Waals surface area contributed by atoms with Crippen molar-refractivity contribution < 1.29 is 23.9 Å². The number of rotatable bonds is 2. The van der Waals surface area contributed by atoms with Crippen molar-refractivity contribution in [1.29, 1.82) is 0 Å². The van der Waals surface area contributed by atoms with Crippen LogP contribution in [0.4, 0.5) is 4.79 Å². The average Bonchev–Trinajstić information content (AvgIpc) is 2.08. The van der Waals surface area contributed by atoms with Crippen molar-refractivity contribution in [3.05, 3.63) is 0 Å². The Balaban J connectivity index is 2.76. The maximum absolute atomic E-state index is 12.2. The monoisotopic (exact) mass is 285 g/mol. The van der Waals surface area contributed by atoms with E-state index in [0.717, 1.165) is 0 Å². The first-order chi connectivity index (χ1) is 8.83. The molecule has 0 aromatic rings. The van der Waals surface area contributed by atoms with Crippen molar-refractivity contribution in [2.45, 2.75) is 71.1 Å². The molecule has 1 N–H and O–H groups in total. The lowest BCUT2D eigenvalue weighted by Crippen LogP contribution is -2.64. The molecular weight excluding hydrogens is 262 g/mol. The molecule has 0 atom stereocenters. The molecular formula is C14H23NO5. The smallest absolute Gasteiger partial charge is 0.408 e. The van der Waals surface area contributed by atoms with Gasteiger partial charge in [0.05, 0.1) is 0 Å². The largest absolute Gasteiger partial charge is 0.458 e. The Kier molecular flexibility index (Phi) is 4.17. The van der Waals surface area contributed by atoms with Gasteiger partial charge in [-0.3, -0.25) is 4.79 Å². The Hall–Kier alpha value is -1.59. The lowest BCUT2D eigenvalue weighted by molar-refractivity contribution is -0.170. The molecule has 0 aromatic carbocycles. The number of hydrogen-bond acceptors (Lipinski definition) is 5. The van der Waals surface area contributed by atoms with E-state index in [2.05, 4.69) is 5.32 Å². The van der Waals surface area contributed by atoms with Gasteiger partial charge in [0.2, 0.25) is 0 Å². The highest BCUT2D eigenvalue weighted by atomic mass is 16.6. The fraction of sp³-hybridized carbons (Fsp3) is 0.786. The lowest BCUT2D eigenvalue weighted by Gasteiger charge is -2.40. The van der Waals surface area contributed by atoms with Gasteiger partial charge in [0.15, 0.2) is 5.54 Å². The summed E-state index contributed by atoms with van der Waals surface area (Å²) in [4.78, 5) is 35.2. The minimum Gasteiger partial charge on any atom is -0.458 e. The van der Waals surface area contributed by atoms with Crippen LogP contribution in [0.25, 0.3) is 0 Å². The van der Waals surface area contributed by atoms with Crippen LogP contribution in [-0.4, -0.2) is 34.6 Å². The fourth-order valence-corrected chi connectivity index (χ4v) is 1.78. The average molecular weight is 285 g/mol. The second kappa shape index (κ2) is 5.07. The summed E-state index contributed by atoms with van der Waals surface area (Å²) in [5, 5.41) is 2.48. The molecule has 0 spiro atoms. The normalized spacial score (nSPS) is 18.0. The third-order valence-electron chi connectivity index (χ3n) is 2.53. The number of hydrogen-bond donors (Lipinski definition) is 1. The van der Waals surface area contributed by atoms with Crippen molar-refractivity contribution in [2.75, 3.05) is 0 Å². The summed E-state index contributed by atoms with van der Waals surface area (Å²) in [6, 6.07) is 0. The number of esters is 1. The van der Waals surface area contributed by atoms with Gasteiger partial charge in [0.1, 0.15) is 17.0 Å². The van der Waals surface area contributed by atoms with Gasteiger partial charge in [0.25, 0.3) is 0 Å². The molecule has 0 unspecified atom stereocenters. The SMILES string of the molecule is CC(C)(C)OC(=O)NC1(C(=O)OC(C)(C)C)CC(=O)C1. The zero-order valence-electron chi connectivity index (χ0n) is 13.0. The molecule has 0 aliphatic heterocycles. The molecule has 114 valence electrons. The lowest BCUT2D eigenvalue weighted by atomic mass is 9.75. The first-order valence-corrected chi connectivity index (χ1v) is 6.59. The van der Waals surface area contributed by atoms with Crippen LogP contribution in [0, 0.1) is 0 Å². The highest BCUT2D eigenvalue weighted by Gasteiger charge is 2.53. The number of carbonyl (C=O) groups excluding carboxylic acids is 3. The maximum atomic E-state index is 12.2. The van der Waals surface area contributed by atoms with E-state index >= 15 is 0 Å². The van der Waals surface area contributed by atoms with Gasteiger partial charge < -0.3 is 14.8 Å². The summed E-state index contributed by atoms with van der Waals surface area (Å²) in [6.07, 6.45) is -0.835. The van der Waals surface area contributed by atoms with Gasteiger partial charge in [-0.2, -0.15) is 0 Å². The molecule has 0 heterocycles. The standard InChI is InChI=1S/C14H23NO5/c1-12(2,3)19-10(17)14(7-9(16)8-14)15-11(18)20-13(4,5)6/h7-8H2,1-6H3,(H,15,18). The number of carbonyl (C=O) groups is 3. The van der Waals surface area contributed by atoms with E-state index in [-0.39, 0.29) is 18.6 Å². The Morgan fingerprint density at radius 3 is 1.80 bits per heavy atom. The van der Waals surface area contributed by atoms with Crippen molar-refractivity contribution in [3.63, 3.8) is 0 Å². The topological polar surface area (TPSA) is 81.7 Å². The number of Topliss-reactive ketones (excluding diaryl/α,β-unsaturated/α-hetero) is 1. The van der Waals surface area contributed by atoms with Gasteiger partial charge in [-0.25, -0.2) is 9.59 Å². The summed E-state index contributed by atoms with van der Waals surface area (Å²) in [7, 11) is 0. The van der Waals surface area contributed by atoms with E-state index in [1.807, 2.05) is 0 Å². The Morgan fingerprint density at radius 1 is 1.00 bits per heavy atom. The molecule has 1 aliphatic carbocycles. The molecule has 0 aromatic heterocycles. The van der Waals surface area contributed by atoms with Gasteiger partial charge in [-0.1, -0.05) is 0 Å². The van der Waals surface area contributed by atoms with Crippen LogP contribution < -0.4 is 5.32 Å². The van der Waals surface area contributed by atoms with Crippen molar-refractivity contribution >= 4 is 17.8 Å². The van der Waals surface area contributed by atoms with Crippen LogP contribution >= 0.6 is 0 Å². The summed E-state index contributed by atoms with van der Waals surface area (Å²) in [5.74, 6) is -0.692. The molecule has 0 radical (unpaired) electrons. The predicted molar refractivity (Wildman–Crippen MR) is 72.2 cm³/mol. The van der Waals surface area contributed by atoms with E-state index in [4.69, 9.17) is 9.47 Å². The first-order valence-electron chi connectivity index (χ1n) is 6.59. The number of ketones is 1. The molecule has 1 rings (SSSR count). The van der Waals surface area contributed by atoms with Crippen LogP contribution in [0.1, 0.15) is 54.4 Å².